The van der Waals surface area contributed by atoms with Gasteiger partial charge in [-0.15, -0.1) is 5.11 Å². The van der Waals surface area contributed by atoms with Crippen LogP contribution in [-0.4, -0.2) is 11.1 Å². The zero-order valence-corrected chi connectivity index (χ0v) is 10.6. The molecule has 0 saturated heterocycles. The lowest BCUT2D eigenvalue weighted by atomic mass is 9.83. The average molecular weight is 264 g/mol. The van der Waals surface area contributed by atoms with E-state index in [2.05, 4.69) is 10.2 Å². The number of nitrogens with zero attached hydrogens (tertiary/aromatic N) is 2. The first-order valence-electron chi connectivity index (χ1n) is 6.22. The van der Waals surface area contributed by atoms with Gasteiger partial charge in [0, 0.05) is 0 Å². The number of carbonyl (C=O) groups is 1. The number of hydrogen-bond acceptors (Lipinski definition) is 3. The van der Waals surface area contributed by atoms with Crippen LogP contribution in [0.1, 0.15) is 11.1 Å². The second kappa shape index (κ2) is 4.74. The lowest BCUT2D eigenvalue weighted by Crippen LogP contribution is -2.20. The van der Waals surface area contributed by atoms with Gasteiger partial charge in [0.2, 0.25) is 0 Å². The van der Waals surface area contributed by atoms with Crippen LogP contribution in [0.25, 0.3) is 0 Å². The maximum Gasteiger partial charge on any atom is 0.356 e. The van der Waals surface area contributed by atoms with E-state index in [4.69, 9.17) is 5.11 Å². The summed E-state index contributed by atoms with van der Waals surface area (Å²) >= 11 is 0. The molecule has 1 N–H and O–H groups in total. The lowest BCUT2D eigenvalue weighted by molar-refractivity contribution is -0.132. The third kappa shape index (κ3) is 1.91. The van der Waals surface area contributed by atoms with Crippen LogP contribution in [-0.2, 0) is 10.3 Å². The van der Waals surface area contributed by atoms with Gasteiger partial charge in [-0.2, -0.15) is 5.11 Å². The molecule has 20 heavy (non-hydrogen) atoms. The molecule has 0 unspecified atom stereocenters. The largest absolute Gasteiger partial charge is 0.476 e. The molecule has 2 aromatic carbocycles. The van der Waals surface area contributed by atoms with Gasteiger partial charge >= 0.3 is 5.97 Å². The summed E-state index contributed by atoms with van der Waals surface area (Å²) in [6.45, 7) is 0. The van der Waals surface area contributed by atoms with E-state index in [1.165, 1.54) is 0 Å². The van der Waals surface area contributed by atoms with Crippen molar-refractivity contribution in [3.63, 3.8) is 0 Å². The molecule has 0 atom stereocenters. The van der Waals surface area contributed by atoms with Gasteiger partial charge in [-0.25, -0.2) is 4.79 Å². The topological polar surface area (TPSA) is 62.0 Å². The predicted octanol–water partition coefficient (Wildman–Crippen LogP) is 3.36. The number of carboxylic acids is 1. The first-order chi connectivity index (χ1) is 9.72. The van der Waals surface area contributed by atoms with Crippen molar-refractivity contribution in [1.82, 2.24) is 0 Å². The Morgan fingerprint density at radius 2 is 1.40 bits per heavy atom. The summed E-state index contributed by atoms with van der Waals surface area (Å²) in [5.74, 6) is -1.07. The zero-order chi connectivity index (χ0) is 14.0. The molecule has 0 fully saturated rings. The average Bonchev–Trinajstić information content (AvgIpc) is 2.96. The molecule has 1 aliphatic heterocycles. The van der Waals surface area contributed by atoms with Gasteiger partial charge in [-0.3, -0.25) is 0 Å². The monoisotopic (exact) mass is 264 g/mol. The van der Waals surface area contributed by atoms with Crippen molar-refractivity contribution in [2.24, 2.45) is 10.2 Å². The summed E-state index contributed by atoms with van der Waals surface area (Å²) in [5.41, 5.74) is 0.908. The maximum atomic E-state index is 11.1. The number of aliphatic carboxylic acids is 1. The molecule has 3 rings (SSSR count). The van der Waals surface area contributed by atoms with Gasteiger partial charge in [0.05, 0.1) is 0 Å². The Labute approximate surface area is 116 Å². The second-order valence-corrected chi connectivity index (χ2v) is 4.53. The Morgan fingerprint density at radius 3 is 1.80 bits per heavy atom. The summed E-state index contributed by atoms with van der Waals surface area (Å²) in [5, 5.41) is 17.2. The van der Waals surface area contributed by atoms with Crippen molar-refractivity contribution < 1.29 is 9.90 Å². The molecule has 98 valence electrons. The van der Waals surface area contributed by atoms with Crippen LogP contribution in [0.2, 0.25) is 0 Å². The Morgan fingerprint density at radius 1 is 0.900 bits per heavy atom. The minimum absolute atomic E-state index is 0.0299. The van der Waals surface area contributed by atoms with E-state index in [-0.39, 0.29) is 5.70 Å². The van der Waals surface area contributed by atoms with Crippen LogP contribution in [0.5, 0.6) is 0 Å². The highest BCUT2D eigenvalue weighted by molar-refractivity contribution is 5.87. The summed E-state index contributed by atoms with van der Waals surface area (Å²) in [7, 11) is 0. The highest BCUT2D eigenvalue weighted by atomic mass is 16.4. The van der Waals surface area contributed by atoms with E-state index in [9.17, 15) is 4.79 Å². The van der Waals surface area contributed by atoms with Crippen molar-refractivity contribution in [2.45, 2.75) is 5.54 Å². The molecule has 1 heterocycles. The molecule has 0 amide bonds. The molecule has 0 bridgehead atoms. The van der Waals surface area contributed by atoms with Crippen molar-refractivity contribution in [2.75, 3.05) is 0 Å². The molecule has 2 aromatic rings. The molecule has 0 saturated carbocycles. The van der Waals surface area contributed by atoms with Crippen molar-refractivity contribution >= 4 is 5.97 Å². The molecule has 1 aliphatic rings. The fourth-order valence-electron chi connectivity index (χ4n) is 2.33. The van der Waals surface area contributed by atoms with E-state index in [1.54, 1.807) is 6.08 Å². The maximum absolute atomic E-state index is 11.1. The van der Waals surface area contributed by atoms with Crippen molar-refractivity contribution in [3.05, 3.63) is 83.6 Å². The number of hydrogen-bond donors (Lipinski definition) is 1. The van der Waals surface area contributed by atoms with Gasteiger partial charge in [0.1, 0.15) is 0 Å². The highest BCUT2D eigenvalue weighted by Gasteiger charge is 2.37. The standard InChI is InChI=1S/C16H12N2O2/c19-15(20)14-11-16(18-17-14,12-7-3-1-4-8-12)13-9-5-2-6-10-13/h1-11H,(H,19,20). The number of azo groups is 1. The Bertz CT molecular complexity index is 651. The predicted molar refractivity (Wildman–Crippen MR) is 74.2 cm³/mol. The Kier molecular flexibility index (Phi) is 2.91. The van der Waals surface area contributed by atoms with Gasteiger partial charge < -0.3 is 5.11 Å². The third-order valence-corrected chi connectivity index (χ3v) is 3.31. The number of rotatable bonds is 3. The van der Waals surface area contributed by atoms with Gasteiger partial charge in [0.25, 0.3) is 0 Å². The van der Waals surface area contributed by atoms with Gasteiger partial charge in [-0.1, -0.05) is 60.7 Å². The summed E-state index contributed by atoms with van der Waals surface area (Å²) in [4.78, 5) is 11.1. The van der Waals surface area contributed by atoms with Crippen LogP contribution in [0.15, 0.2) is 82.7 Å². The molecule has 0 spiro atoms. The molecular weight excluding hydrogens is 252 g/mol. The van der Waals surface area contributed by atoms with E-state index >= 15 is 0 Å². The summed E-state index contributed by atoms with van der Waals surface area (Å²) in [6.07, 6.45) is 1.60. The van der Waals surface area contributed by atoms with Crippen LogP contribution in [0.4, 0.5) is 0 Å². The smallest absolute Gasteiger partial charge is 0.356 e. The van der Waals surface area contributed by atoms with Crippen LogP contribution in [0.3, 0.4) is 0 Å². The van der Waals surface area contributed by atoms with Crippen LogP contribution in [0, 0.1) is 0 Å². The fraction of sp³-hybridized carbons (Fsp3) is 0.0625. The highest BCUT2D eigenvalue weighted by Crippen LogP contribution is 2.40. The van der Waals surface area contributed by atoms with E-state index in [0.717, 1.165) is 11.1 Å². The number of carboxylic acid groups (broad SMARTS) is 1. The Balaban J connectivity index is 2.21. The van der Waals surface area contributed by atoms with Crippen molar-refractivity contribution in [3.8, 4) is 0 Å². The second-order valence-electron chi connectivity index (χ2n) is 4.53. The molecule has 4 nitrogen and oxygen atoms in total. The van der Waals surface area contributed by atoms with E-state index < -0.39 is 11.5 Å². The molecule has 0 radical (unpaired) electrons. The summed E-state index contributed by atoms with van der Waals surface area (Å²) < 4.78 is 0. The van der Waals surface area contributed by atoms with Crippen molar-refractivity contribution in [1.29, 1.82) is 0 Å². The van der Waals surface area contributed by atoms with Crippen LogP contribution >= 0.6 is 0 Å². The zero-order valence-electron chi connectivity index (χ0n) is 10.6. The van der Waals surface area contributed by atoms with Gasteiger partial charge in [-0.05, 0) is 17.2 Å². The quantitative estimate of drug-likeness (QED) is 0.923. The minimum atomic E-state index is -1.07. The molecular formula is C16H12N2O2. The SMILES string of the molecule is O=C(O)C1=CC(c2ccccc2)(c2ccccc2)N=N1. The van der Waals surface area contributed by atoms with Gasteiger partial charge in [0.15, 0.2) is 11.2 Å². The minimum Gasteiger partial charge on any atom is -0.476 e. The van der Waals surface area contributed by atoms with E-state index in [1.807, 2.05) is 60.7 Å². The first kappa shape index (κ1) is 12.3. The lowest BCUT2D eigenvalue weighted by Gasteiger charge is -2.23. The van der Waals surface area contributed by atoms with Crippen LogP contribution < -0.4 is 0 Å². The fourth-order valence-corrected chi connectivity index (χ4v) is 2.33. The Hall–Kier alpha value is -2.75. The third-order valence-electron chi connectivity index (χ3n) is 3.31. The summed E-state index contributed by atoms with van der Waals surface area (Å²) in [6, 6.07) is 19.1. The number of benzene rings is 2. The first-order valence-corrected chi connectivity index (χ1v) is 6.22. The molecule has 0 aromatic heterocycles. The molecule has 4 heteroatoms. The van der Waals surface area contributed by atoms with E-state index in [0.29, 0.717) is 0 Å². The molecule has 0 aliphatic carbocycles. The normalized spacial score (nSPS) is 15.9.